The molecule has 0 saturated heterocycles. The zero-order valence-electron chi connectivity index (χ0n) is 9.93. The smallest absolute Gasteiger partial charge is 0.243 e. The molecule has 3 rings (SSSR count). The molecule has 3 nitrogen and oxygen atoms in total. The maximum absolute atomic E-state index is 11.9. The van der Waals surface area contributed by atoms with E-state index in [4.69, 9.17) is 0 Å². The first-order chi connectivity index (χ1) is 8.75. The molecule has 0 aromatic carbocycles. The molecule has 2 atom stereocenters. The lowest BCUT2D eigenvalue weighted by Crippen LogP contribution is -2.20. The van der Waals surface area contributed by atoms with E-state index in [9.17, 15) is 4.79 Å². The van der Waals surface area contributed by atoms with Gasteiger partial charge in [0.05, 0.1) is 10.0 Å². The second kappa shape index (κ2) is 5.13. The Bertz CT molecular complexity index is 473. The van der Waals surface area contributed by atoms with E-state index >= 15 is 0 Å². The number of thiophene rings is 1. The molecule has 0 spiro atoms. The molecule has 1 amide bonds. The van der Waals surface area contributed by atoms with Crippen molar-refractivity contribution in [2.24, 2.45) is 22.9 Å². The first-order valence-corrected chi connectivity index (χ1v) is 7.95. The average molecular weight is 327 g/mol. The minimum absolute atomic E-state index is 0.110. The molecule has 0 aliphatic heterocycles. The zero-order valence-corrected chi connectivity index (χ0v) is 12.3. The van der Waals surface area contributed by atoms with Gasteiger partial charge in [-0.05, 0) is 52.7 Å². The van der Waals surface area contributed by atoms with Gasteiger partial charge >= 0.3 is 0 Å². The largest absolute Gasteiger partial charge is 0.273 e. The summed E-state index contributed by atoms with van der Waals surface area (Å²) in [5.41, 5.74) is 2.68. The van der Waals surface area contributed by atoms with Crippen molar-refractivity contribution in [1.29, 1.82) is 0 Å². The van der Waals surface area contributed by atoms with Crippen LogP contribution in [0.4, 0.5) is 0 Å². The van der Waals surface area contributed by atoms with Crippen LogP contribution in [-0.2, 0) is 4.79 Å². The molecule has 2 fully saturated rings. The number of hydrogen-bond donors (Lipinski definition) is 1. The molecule has 96 valence electrons. The van der Waals surface area contributed by atoms with E-state index in [-0.39, 0.29) is 11.8 Å². The molecule has 1 heterocycles. The van der Waals surface area contributed by atoms with Crippen molar-refractivity contribution in [2.75, 3.05) is 0 Å². The second-order valence-corrected chi connectivity index (χ2v) is 7.51. The number of nitrogens with one attached hydrogen (secondary N) is 1. The van der Waals surface area contributed by atoms with Gasteiger partial charge in [0, 0.05) is 10.8 Å². The van der Waals surface area contributed by atoms with Crippen molar-refractivity contribution in [3.05, 3.63) is 20.8 Å². The first-order valence-electron chi connectivity index (χ1n) is 6.34. The van der Waals surface area contributed by atoms with Crippen LogP contribution in [0, 0.1) is 17.8 Å². The van der Waals surface area contributed by atoms with E-state index in [1.165, 1.54) is 25.7 Å². The highest BCUT2D eigenvalue weighted by Gasteiger charge is 2.54. The lowest BCUT2D eigenvalue weighted by atomic mass is 10.0. The Morgan fingerprint density at radius 1 is 1.39 bits per heavy atom. The Morgan fingerprint density at radius 3 is 2.72 bits per heavy atom. The molecule has 5 heteroatoms. The topological polar surface area (TPSA) is 41.5 Å². The van der Waals surface area contributed by atoms with Gasteiger partial charge in [-0.25, -0.2) is 5.43 Å². The van der Waals surface area contributed by atoms with Gasteiger partial charge in [-0.15, -0.1) is 11.3 Å². The fourth-order valence-corrected chi connectivity index (χ4v) is 4.31. The van der Waals surface area contributed by atoms with Crippen molar-refractivity contribution in [3.63, 3.8) is 0 Å². The van der Waals surface area contributed by atoms with Crippen LogP contribution in [0.25, 0.3) is 0 Å². The summed E-state index contributed by atoms with van der Waals surface area (Å²) < 4.78 is 1.07. The van der Waals surface area contributed by atoms with Crippen LogP contribution < -0.4 is 5.43 Å². The van der Waals surface area contributed by atoms with E-state index in [0.29, 0.717) is 11.8 Å². The highest BCUT2D eigenvalue weighted by atomic mass is 79.9. The van der Waals surface area contributed by atoms with Crippen molar-refractivity contribution >= 4 is 39.4 Å². The third-order valence-corrected chi connectivity index (χ3v) is 5.48. The van der Waals surface area contributed by atoms with E-state index in [0.717, 1.165) is 8.66 Å². The SMILES string of the molecule is O=C(NN=Cc1ccc(Br)s1)C1C2CCCCC21. The molecule has 1 aromatic heterocycles. The third-order valence-electron chi connectivity index (χ3n) is 3.92. The Morgan fingerprint density at radius 2 is 2.11 bits per heavy atom. The predicted octanol–water partition coefficient (Wildman–Crippen LogP) is 3.40. The summed E-state index contributed by atoms with van der Waals surface area (Å²) in [7, 11) is 0. The molecular formula is C13H15BrN2OS. The van der Waals surface area contributed by atoms with Crippen molar-refractivity contribution < 1.29 is 4.79 Å². The van der Waals surface area contributed by atoms with Crippen LogP contribution in [0.15, 0.2) is 21.0 Å². The van der Waals surface area contributed by atoms with E-state index in [2.05, 4.69) is 26.5 Å². The van der Waals surface area contributed by atoms with Gasteiger partial charge in [-0.2, -0.15) is 5.10 Å². The van der Waals surface area contributed by atoms with Crippen molar-refractivity contribution in [1.82, 2.24) is 5.43 Å². The number of rotatable bonds is 3. The fourth-order valence-electron chi connectivity index (χ4n) is 3.01. The minimum Gasteiger partial charge on any atom is -0.273 e. The Balaban J connectivity index is 1.51. The van der Waals surface area contributed by atoms with Crippen LogP contribution in [0.1, 0.15) is 30.6 Å². The van der Waals surface area contributed by atoms with Gasteiger partial charge in [0.25, 0.3) is 0 Å². The molecule has 2 unspecified atom stereocenters. The van der Waals surface area contributed by atoms with E-state index in [1.54, 1.807) is 17.6 Å². The Kier molecular flexibility index (Phi) is 3.52. The standard InChI is InChI=1S/C13H15BrN2OS/c14-11-6-5-8(18-11)7-15-16-13(17)12-9-3-1-2-4-10(9)12/h5-7,9-10,12H,1-4H2,(H,16,17). The lowest BCUT2D eigenvalue weighted by molar-refractivity contribution is -0.122. The predicted molar refractivity (Wildman–Crippen MR) is 76.7 cm³/mol. The minimum atomic E-state index is 0.110. The molecule has 2 aliphatic carbocycles. The summed E-state index contributed by atoms with van der Waals surface area (Å²) in [5.74, 6) is 1.63. The Labute approximate surface area is 119 Å². The molecule has 18 heavy (non-hydrogen) atoms. The van der Waals surface area contributed by atoms with Crippen LogP contribution >= 0.6 is 27.3 Å². The molecule has 1 N–H and O–H groups in total. The lowest BCUT2D eigenvalue weighted by Gasteiger charge is -2.04. The summed E-state index contributed by atoms with van der Waals surface area (Å²) >= 11 is 5.00. The van der Waals surface area contributed by atoms with E-state index < -0.39 is 0 Å². The number of amides is 1. The normalized spacial score (nSPS) is 30.2. The van der Waals surface area contributed by atoms with Crippen LogP contribution in [0.3, 0.4) is 0 Å². The zero-order chi connectivity index (χ0) is 12.5. The quantitative estimate of drug-likeness (QED) is 0.671. The summed E-state index contributed by atoms with van der Waals surface area (Å²) in [6, 6.07) is 3.95. The van der Waals surface area contributed by atoms with Gasteiger partial charge in [0.15, 0.2) is 0 Å². The van der Waals surface area contributed by atoms with Gasteiger partial charge < -0.3 is 0 Å². The summed E-state index contributed by atoms with van der Waals surface area (Å²) in [5, 5.41) is 4.04. The third kappa shape index (κ3) is 2.52. The summed E-state index contributed by atoms with van der Waals surface area (Å²) in [6.45, 7) is 0. The average Bonchev–Trinajstić information content (AvgIpc) is 2.97. The first kappa shape index (κ1) is 12.4. The summed E-state index contributed by atoms with van der Waals surface area (Å²) in [4.78, 5) is 13.0. The number of hydrogen-bond acceptors (Lipinski definition) is 3. The highest BCUT2D eigenvalue weighted by molar-refractivity contribution is 9.11. The molecule has 0 radical (unpaired) electrons. The highest BCUT2D eigenvalue weighted by Crippen LogP contribution is 2.55. The number of nitrogens with zero attached hydrogens (tertiary/aromatic N) is 1. The van der Waals surface area contributed by atoms with Gasteiger partial charge in [-0.3, -0.25) is 4.79 Å². The second-order valence-electron chi connectivity index (χ2n) is 5.01. The van der Waals surface area contributed by atoms with Crippen LogP contribution in [0.5, 0.6) is 0 Å². The van der Waals surface area contributed by atoms with Gasteiger partial charge in [-0.1, -0.05) is 12.8 Å². The molecule has 2 aliphatic rings. The number of fused-ring (bicyclic) bond motifs is 1. The fraction of sp³-hybridized carbons (Fsp3) is 0.538. The molecular weight excluding hydrogens is 312 g/mol. The number of carbonyl (C=O) groups excluding carboxylic acids is 1. The molecule has 2 saturated carbocycles. The number of halogens is 1. The van der Waals surface area contributed by atoms with Gasteiger partial charge in [0.2, 0.25) is 5.91 Å². The van der Waals surface area contributed by atoms with Crippen LogP contribution in [0.2, 0.25) is 0 Å². The van der Waals surface area contributed by atoms with Gasteiger partial charge in [0.1, 0.15) is 0 Å². The maximum atomic E-state index is 11.9. The molecule has 1 aromatic rings. The van der Waals surface area contributed by atoms with E-state index in [1.807, 2.05) is 12.1 Å². The van der Waals surface area contributed by atoms with Crippen LogP contribution in [-0.4, -0.2) is 12.1 Å². The van der Waals surface area contributed by atoms with Crippen molar-refractivity contribution in [3.8, 4) is 0 Å². The summed E-state index contributed by atoms with van der Waals surface area (Å²) in [6.07, 6.45) is 6.74. The van der Waals surface area contributed by atoms with Crippen molar-refractivity contribution in [2.45, 2.75) is 25.7 Å². The number of carbonyl (C=O) groups is 1. The maximum Gasteiger partial charge on any atom is 0.243 e. The number of hydrazone groups is 1. The Hall–Kier alpha value is -0.680. The monoisotopic (exact) mass is 326 g/mol. The molecule has 0 bridgehead atoms.